The first-order valence-electron chi connectivity index (χ1n) is 7.72. The van der Waals surface area contributed by atoms with Crippen LogP contribution in [0.2, 0.25) is 0 Å². The summed E-state index contributed by atoms with van der Waals surface area (Å²) >= 11 is 6.37. The van der Waals surface area contributed by atoms with Crippen molar-refractivity contribution in [3.05, 3.63) is 34.7 Å². The van der Waals surface area contributed by atoms with Crippen LogP contribution in [0.25, 0.3) is 6.08 Å². The molecule has 0 aromatic heterocycles. The van der Waals surface area contributed by atoms with E-state index in [1.54, 1.807) is 6.08 Å². The third kappa shape index (κ3) is 4.82. The zero-order chi connectivity index (χ0) is 17.5. The Morgan fingerprint density at radius 1 is 1.42 bits per heavy atom. The molecule has 2 rings (SSSR count). The number of hydrogen-bond acceptors (Lipinski definition) is 5. The Hall–Kier alpha value is -1.86. The van der Waals surface area contributed by atoms with Crippen LogP contribution in [0.1, 0.15) is 31.7 Å². The molecule has 1 aromatic carbocycles. The number of aliphatic carboxylic acids is 1. The number of para-hydroxylation sites is 1. The molecule has 1 amide bonds. The molecule has 128 valence electrons. The second-order valence-corrected chi connectivity index (χ2v) is 6.89. The Morgan fingerprint density at radius 3 is 2.88 bits per heavy atom. The van der Waals surface area contributed by atoms with Crippen molar-refractivity contribution in [2.75, 3.05) is 13.2 Å². The number of ether oxygens (including phenoxy) is 1. The Bertz CT molecular complexity index is 672. The summed E-state index contributed by atoms with van der Waals surface area (Å²) in [5.74, 6) is -0.487. The standard InChI is InChI=1S/C17H19NO4S2/c1-2-3-10-22-13-7-5-4-6-12(13)11-14-16(21)18(17(23)24-14)9-8-15(19)20/h4-7,11H,2-3,8-10H2,1H3,(H,19,20)/b14-11+. The lowest BCUT2D eigenvalue weighted by molar-refractivity contribution is -0.137. The van der Waals surface area contributed by atoms with E-state index in [9.17, 15) is 9.59 Å². The summed E-state index contributed by atoms with van der Waals surface area (Å²) in [7, 11) is 0. The average Bonchev–Trinajstić information content (AvgIpc) is 2.81. The van der Waals surface area contributed by atoms with Gasteiger partial charge in [-0.2, -0.15) is 0 Å². The molecule has 1 N–H and O–H groups in total. The molecule has 5 nitrogen and oxygen atoms in total. The Morgan fingerprint density at radius 2 is 2.17 bits per heavy atom. The summed E-state index contributed by atoms with van der Waals surface area (Å²) in [5.41, 5.74) is 0.812. The molecule has 1 aromatic rings. The van der Waals surface area contributed by atoms with Crippen molar-refractivity contribution in [2.45, 2.75) is 26.2 Å². The molecule has 7 heteroatoms. The molecule has 0 unspecified atom stereocenters. The highest BCUT2D eigenvalue weighted by Gasteiger charge is 2.32. The van der Waals surface area contributed by atoms with Gasteiger partial charge in [-0.1, -0.05) is 55.5 Å². The topological polar surface area (TPSA) is 66.8 Å². The van der Waals surface area contributed by atoms with Crippen molar-refractivity contribution in [3.63, 3.8) is 0 Å². The fourth-order valence-corrected chi connectivity index (χ4v) is 3.40. The summed E-state index contributed by atoms with van der Waals surface area (Å²) in [5, 5.41) is 8.77. The molecule has 24 heavy (non-hydrogen) atoms. The highest BCUT2D eigenvalue weighted by Crippen LogP contribution is 2.34. The Kier molecular flexibility index (Phi) is 6.81. The summed E-state index contributed by atoms with van der Waals surface area (Å²) in [6.07, 6.45) is 3.63. The number of thioether (sulfide) groups is 1. The molecule has 0 spiro atoms. The van der Waals surface area contributed by atoms with E-state index in [2.05, 4.69) is 6.92 Å². The largest absolute Gasteiger partial charge is 0.493 e. The van der Waals surface area contributed by atoms with Gasteiger partial charge in [0.05, 0.1) is 17.9 Å². The van der Waals surface area contributed by atoms with E-state index in [-0.39, 0.29) is 18.9 Å². The number of carboxylic acid groups (broad SMARTS) is 1. The third-order valence-electron chi connectivity index (χ3n) is 3.38. The predicted molar refractivity (Wildman–Crippen MR) is 99.0 cm³/mol. The maximum Gasteiger partial charge on any atom is 0.305 e. The van der Waals surface area contributed by atoms with Gasteiger partial charge in [-0.3, -0.25) is 14.5 Å². The first-order chi connectivity index (χ1) is 11.5. The van der Waals surface area contributed by atoms with Crippen LogP contribution >= 0.6 is 24.0 Å². The highest BCUT2D eigenvalue weighted by atomic mass is 32.2. The van der Waals surface area contributed by atoms with Crippen LogP contribution in [0, 0.1) is 0 Å². The van der Waals surface area contributed by atoms with E-state index in [1.807, 2.05) is 24.3 Å². The van der Waals surface area contributed by atoms with Crippen molar-refractivity contribution >= 4 is 46.3 Å². The monoisotopic (exact) mass is 365 g/mol. The number of benzene rings is 1. The van der Waals surface area contributed by atoms with Gasteiger partial charge in [-0.25, -0.2) is 0 Å². The fraction of sp³-hybridized carbons (Fsp3) is 0.353. The quantitative estimate of drug-likeness (QED) is 0.432. The van der Waals surface area contributed by atoms with Gasteiger partial charge in [-0.05, 0) is 18.6 Å². The zero-order valence-corrected chi connectivity index (χ0v) is 15.0. The van der Waals surface area contributed by atoms with Crippen molar-refractivity contribution in [3.8, 4) is 5.75 Å². The minimum atomic E-state index is -0.956. The van der Waals surface area contributed by atoms with E-state index in [1.165, 1.54) is 16.7 Å². The van der Waals surface area contributed by atoms with Crippen LogP contribution in [0.5, 0.6) is 5.75 Å². The van der Waals surface area contributed by atoms with Gasteiger partial charge in [0.1, 0.15) is 10.1 Å². The second kappa shape index (κ2) is 8.84. The molecular weight excluding hydrogens is 346 g/mol. The molecule has 0 saturated carbocycles. The van der Waals surface area contributed by atoms with Gasteiger partial charge in [0.25, 0.3) is 5.91 Å². The van der Waals surface area contributed by atoms with E-state index in [0.717, 1.165) is 24.2 Å². The summed E-state index contributed by atoms with van der Waals surface area (Å²) < 4.78 is 6.15. The molecule has 1 aliphatic rings. The summed E-state index contributed by atoms with van der Waals surface area (Å²) in [4.78, 5) is 24.9. The number of carbonyl (C=O) groups is 2. The average molecular weight is 365 g/mol. The molecule has 0 atom stereocenters. The summed E-state index contributed by atoms with van der Waals surface area (Å²) in [6, 6.07) is 7.51. The lowest BCUT2D eigenvalue weighted by Crippen LogP contribution is -2.30. The maximum atomic E-state index is 12.4. The molecule has 1 aliphatic heterocycles. The minimum absolute atomic E-state index is 0.0893. The minimum Gasteiger partial charge on any atom is -0.493 e. The van der Waals surface area contributed by atoms with Gasteiger partial charge in [-0.15, -0.1) is 0 Å². The van der Waals surface area contributed by atoms with E-state index < -0.39 is 5.97 Å². The number of rotatable bonds is 8. The predicted octanol–water partition coefficient (Wildman–Crippen LogP) is 3.54. The van der Waals surface area contributed by atoms with E-state index in [0.29, 0.717) is 15.8 Å². The molecule has 0 radical (unpaired) electrons. The molecular formula is C17H19NO4S2. The van der Waals surface area contributed by atoms with Gasteiger partial charge in [0.15, 0.2) is 0 Å². The summed E-state index contributed by atoms with van der Waals surface area (Å²) in [6.45, 7) is 2.81. The second-order valence-electron chi connectivity index (χ2n) is 5.22. The molecule has 0 bridgehead atoms. The van der Waals surface area contributed by atoms with E-state index in [4.69, 9.17) is 22.1 Å². The van der Waals surface area contributed by atoms with Gasteiger partial charge in [0.2, 0.25) is 0 Å². The lowest BCUT2D eigenvalue weighted by atomic mass is 10.2. The highest BCUT2D eigenvalue weighted by molar-refractivity contribution is 8.26. The van der Waals surface area contributed by atoms with E-state index >= 15 is 0 Å². The van der Waals surface area contributed by atoms with Crippen molar-refractivity contribution in [1.29, 1.82) is 0 Å². The van der Waals surface area contributed by atoms with Crippen LogP contribution in [0.4, 0.5) is 0 Å². The van der Waals surface area contributed by atoms with Crippen LogP contribution in [0.3, 0.4) is 0 Å². The van der Waals surface area contributed by atoms with Gasteiger partial charge < -0.3 is 9.84 Å². The molecule has 1 fully saturated rings. The Labute approximate surface area is 150 Å². The number of nitrogens with zero attached hydrogens (tertiary/aromatic N) is 1. The maximum absolute atomic E-state index is 12.4. The van der Waals surface area contributed by atoms with Gasteiger partial charge in [0, 0.05) is 12.1 Å². The Balaban J connectivity index is 2.15. The zero-order valence-electron chi connectivity index (χ0n) is 13.4. The number of amides is 1. The number of carbonyl (C=O) groups excluding carboxylic acids is 1. The van der Waals surface area contributed by atoms with Crippen LogP contribution in [0.15, 0.2) is 29.2 Å². The van der Waals surface area contributed by atoms with Crippen LogP contribution < -0.4 is 4.74 Å². The first kappa shape index (κ1) is 18.5. The number of unbranched alkanes of at least 4 members (excludes halogenated alkanes) is 1. The molecule has 1 saturated heterocycles. The fourth-order valence-electron chi connectivity index (χ4n) is 2.10. The number of thiocarbonyl (C=S) groups is 1. The third-order valence-corrected chi connectivity index (χ3v) is 4.76. The first-order valence-corrected chi connectivity index (χ1v) is 8.94. The molecule has 1 heterocycles. The lowest BCUT2D eigenvalue weighted by Gasteiger charge is -2.12. The number of hydrogen-bond donors (Lipinski definition) is 1. The van der Waals surface area contributed by atoms with Crippen molar-refractivity contribution in [2.24, 2.45) is 0 Å². The smallest absolute Gasteiger partial charge is 0.305 e. The van der Waals surface area contributed by atoms with Crippen molar-refractivity contribution < 1.29 is 19.4 Å². The van der Waals surface area contributed by atoms with Gasteiger partial charge >= 0.3 is 5.97 Å². The SMILES string of the molecule is CCCCOc1ccccc1/C=C1/SC(=S)N(CCC(=O)O)C1=O. The normalized spacial score (nSPS) is 16.0. The van der Waals surface area contributed by atoms with Crippen molar-refractivity contribution in [1.82, 2.24) is 4.90 Å². The number of carboxylic acids is 1. The molecule has 0 aliphatic carbocycles. The van der Waals surface area contributed by atoms with Crippen LogP contribution in [-0.4, -0.2) is 39.4 Å². The van der Waals surface area contributed by atoms with Crippen LogP contribution in [-0.2, 0) is 9.59 Å².